The molecule has 2 aromatic carbocycles. The van der Waals surface area contributed by atoms with Gasteiger partial charge in [-0.15, -0.1) is 0 Å². The number of nitrogens with zero attached hydrogens (tertiary/aromatic N) is 1. The van der Waals surface area contributed by atoms with Crippen molar-refractivity contribution in [2.45, 2.75) is 19.9 Å². The molecule has 0 saturated heterocycles. The standard InChI is InChI=1S/C21H24ClN3O4/c1-13(2)19(24-20(26)16-7-5-6-8-17(16)22)21(27)25-23-12-14-11-15(28-3)9-10-18(14)29-4/h5-13,19H,1-4H3,(H,24,26)(H,25,27)/b23-12+. The summed E-state index contributed by atoms with van der Waals surface area (Å²) < 4.78 is 10.5. The number of ether oxygens (including phenoxy) is 2. The summed E-state index contributed by atoms with van der Waals surface area (Å²) >= 11 is 6.06. The van der Waals surface area contributed by atoms with E-state index in [0.29, 0.717) is 27.6 Å². The van der Waals surface area contributed by atoms with Crippen molar-refractivity contribution in [3.05, 3.63) is 58.6 Å². The van der Waals surface area contributed by atoms with Gasteiger partial charge >= 0.3 is 0 Å². The lowest BCUT2D eigenvalue weighted by molar-refractivity contribution is -0.123. The maximum Gasteiger partial charge on any atom is 0.262 e. The number of carbonyl (C=O) groups is 2. The van der Waals surface area contributed by atoms with Crippen LogP contribution in [0.15, 0.2) is 47.6 Å². The summed E-state index contributed by atoms with van der Waals surface area (Å²) in [5, 5.41) is 7.01. The minimum absolute atomic E-state index is 0.164. The SMILES string of the molecule is COc1ccc(OC)c(/C=N/NC(=O)C(NC(=O)c2ccccc2Cl)C(C)C)c1. The highest BCUT2D eigenvalue weighted by Gasteiger charge is 2.25. The molecule has 0 bridgehead atoms. The van der Waals surface area contributed by atoms with Crippen molar-refractivity contribution in [3.63, 3.8) is 0 Å². The molecule has 8 heteroatoms. The quantitative estimate of drug-likeness (QED) is 0.509. The monoisotopic (exact) mass is 417 g/mol. The first kappa shape index (κ1) is 22.2. The largest absolute Gasteiger partial charge is 0.497 e. The molecule has 0 aliphatic heterocycles. The van der Waals surface area contributed by atoms with Crippen molar-refractivity contribution in [2.24, 2.45) is 11.0 Å². The number of nitrogens with one attached hydrogen (secondary N) is 2. The third-order valence-electron chi connectivity index (χ3n) is 4.17. The first-order valence-corrected chi connectivity index (χ1v) is 9.35. The lowest BCUT2D eigenvalue weighted by atomic mass is 10.0. The van der Waals surface area contributed by atoms with Gasteiger partial charge in [-0.05, 0) is 36.2 Å². The van der Waals surface area contributed by atoms with Crippen LogP contribution in [0.2, 0.25) is 5.02 Å². The van der Waals surface area contributed by atoms with E-state index in [1.165, 1.54) is 13.3 Å². The van der Waals surface area contributed by atoms with Gasteiger partial charge in [-0.3, -0.25) is 9.59 Å². The van der Waals surface area contributed by atoms with Crippen LogP contribution < -0.4 is 20.2 Å². The molecule has 1 unspecified atom stereocenters. The molecule has 0 spiro atoms. The Balaban J connectivity index is 2.09. The van der Waals surface area contributed by atoms with Gasteiger partial charge in [0.25, 0.3) is 11.8 Å². The molecule has 2 amide bonds. The number of rotatable bonds is 8. The lowest BCUT2D eigenvalue weighted by Gasteiger charge is -2.20. The molecule has 154 valence electrons. The number of hydrazone groups is 1. The fraction of sp³-hybridized carbons (Fsp3) is 0.286. The zero-order chi connectivity index (χ0) is 21.4. The number of methoxy groups -OCH3 is 2. The van der Waals surface area contributed by atoms with E-state index in [4.69, 9.17) is 21.1 Å². The second-order valence-corrected chi connectivity index (χ2v) is 6.92. The third-order valence-corrected chi connectivity index (χ3v) is 4.50. The zero-order valence-electron chi connectivity index (χ0n) is 16.7. The molecule has 29 heavy (non-hydrogen) atoms. The van der Waals surface area contributed by atoms with Crippen LogP contribution in [0.25, 0.3) is 0 Å². The molecule has 0 aliphatic carbocycles. The minimum atomic E-state index is -0.789. The van der Waals surface area contributed by atoms with Gasteiger partial charge < -0.3 is 14.8 Å². The minimum Gasteiger partial charge on any atom is -0.497 e. The number of halogens is 1. The number of hydrogen-bond acceptors (Lipinski definition) is 5. The molecule has 0 saturated carbocycles. The molecule has 2 aromatic rings. The molecule has 2 rings (SSSR count). The van der Waals surface area contributed by atoms with Crippen molar-refractivity contribution in [3.8, 4) is 11.5 Å². The first-order valence-electron chi connectivity index (χ1n) is 8.97. The van der Waals surface area contributed by atoms with E-state index in [0.717, 1.165) is 0 Å². The summed E-state index contributed by atoms with van der Waals surface area (Å²) in [4.78, 5) is 25.1. The summed E-state index contributed by atoms with van der Waals surface area (Å²) in [5.74, 6) is 0.172. The fourth-order valence-electron chi connectivity index (χ4n) is 2.57. The Morgan fingerprint density at radius 2 is 1.83 bits per heavy atom. The molecule has 7 nitrogen and oxygen atoms in total. The van der Waals surface area contributed by atoms with Gasteiger partial charge in [0.2, 0.25) is 0 Å². The van der Waals surface area contributed by atoms with Crippen molar-refractivity contribution < 1.29 is 19.1 Å². The summed E-state index contributed by atoms with van der Waals surface area (Å²) in [7, 11) is 3.09. The van der Waals surface area contributed by atoms with Gasteiger partial charge in [0.05, 0.1) is 31.0 Å². The Labute approximate surface area is 175 Å². The Morgan fingerprint density at radius 3 is 2.45 bits per heavy atom. The van der Waals surface area contributed by atoms with E-state index in [2.05, 4.69) is 15.8 Å². The van der Waals surface area contributed by atoms with Gasteiger partial charge in [-0.25, -0.2) is 5.43 Å². The number of benzene rings is 2. The number of amides is 2. The van der Waals surface area contributed by atoms with Crippen LogP contribution in [0.5, 0.6) is 11.5 Å². The highest BCUT2D eigenvalue weighted by molar-refractivity contribution is 6.33. The van der Waals surface area contributed by atoms with E-state index >= 15 is 0 Å². The predicted molar refractivity (Wildman–Crippen MR) is 113 cm³/mol. The van der Waals surface area contributed by atoms with Crippen LogP contribution >= 0.6 is 11.6 Å². The van der Waals surface area contributed by atoms with Gasteiger partial charge in [-0.2, -0.15) is 5.10 Å². The van der Waals surface area contributed by atoms with Crippen LogP contribution in [0, 0.1) is 5.92 Å². The van der Waals surface area contributed by atoms with Crippen molar-refractivity contribution in [1.82, 2.24) is 10.7 Å². The van der Waals surface area contributed by atoms with E-state index < -0.39 is 17.9 Å². The molecule has 0 heterocycles. The van der Waals surface area contributed by atoms with Crippen LogP contribution in [-0.2, 0) is 4.79 Å². The molecule has 1 atom stereocenters. The topological polar surface area (TPSA) is 89.0 Å². The molecule has 0 radical (unpaired) electrons. The van der Waals surface area contributed by atoms with Crippen molar-refractivity contribution >= 4 is 29.6 Å². The van der Waals surface area contributed by atoms with E-state index in [1.54, 1.807) is 49.6 Å². The van der Waals surface area contributed by atoms with Crippen LogP contribution in [0.1, 0.15) is 29.8 Å². The van der Waals surface area contributed by atoms with Gasteiger partial charge in [-0.1, -0.05) is 37.6 Å². The Morgan fingerprint density at radius 1 is 1.10 bits per heavy atom. The second kappa shape index (κ2) is 10.5. The molecule has 2 N–H and O–H groups in total. The smallest absolute Gasteiger partial charge is 0.262 e. The molecule has 0 fully saturated rings. The lowest BCUT2D eigenvalue weighted by Crippen LogP contribution is -2.48. The van der Waals surface area contributed by atoms with Gasteiger partial charge in [0, 0.05) is 5.56 Å². The van der Waals surface area contributed by atoms with E-state index in [9.17, 15) is 9.59 Å². The maximum atomic E-state index is 12.6. The van der Waals surface area contributed by atoms with Crippen LogP contribution in [-0.4, -0.2) is 38.3 Å². The Hall–Kier alpha value is -3.06. The Kier molecular flexibility index (Phi) is 8.03. The highest BCUT2D eigenvalue weighted by Crippen LogP contribution is 2.22. The van der Waals surface area contributed by atoms with Crippen LogP contribution in [0.3, 0.4) is 0 Å². The number of carbonyl (C=O) groups excluding carboxylic acids is 2. The second-order valence-electron chi connectivity index (χ2n) is 6.52. The average molecular weight is 418 g/mol. The van der Waals surface area contributed by atoms with Gasteiger partial charge in [0.15, 0.2) is 0 Å². The van der Waals surface area contributed by atoms with E-state index in [1.807, 2.05) is 13.8 Å². The van der Waals surface area contributed by atoms with Crippen molar-refractivity contribution in [1.29, 1.82) is 0 Å². The van der Waals surface area contributed by atoms with Gasteiger partial charge in [0.1, 0.15) is 17.5 Å². The normalized spacial score (nSPS) is 11.9. The fourth-order valence-corrected chi connectivity index (χ4v) is 2.80. The van der Waals surface area contributed by atoms with Crippen LogP contribution in [0.4, 0.5) is 0 Å². The predicted octanol–water partition coefficient (Wildman–Crippen LogP) is 3.26. The summed E-state index contributed by atoms with van der Waals surface area (Å²) in [6, 6.07) is 11.1. The summed E-state index contributed by atoms with van der Waals surface area (Å²) in [6.45, 7) is 3.65. The summed E-state index contributed by atoms with van der Waals surface area (Å²) in [5.41, 5.74) is 3.39. The Bertz CT molecular complexity index is 899. The van der Waals surface area contributed by atoms with Crippen molar-refractivity contribution in [2.75, 3.05) is 14.2 Å². The first-order chi connectivity index (χ1) is 13.9. The number of hydrogen-bond donors (Lipinski definition) is 2. The van der Waals surface area contributed by atoms with E-state index in [-0.39, 0.29) is 5.92 Å². The molecule has 0 aromatic heterocycles. The maximum absolute atomic E-state index is 12.6. The molecular formula is C21H24ClN3O4. The average Bonchev–Trinajstić information content (AvgIpc) is 2.71. The summed E-state index contributed by atoms with van der Waals surface area (Å²) in [6.07, 6.45) is 1.45. The highest BCUT2D eigenvalue weighted by atomic mass is 35.5. The zero-order valence-corrected chi connectivity index (χ0v) is 17.5. The molecule has 0 aliphatic rings. The molecular weight excluding hydrogens is 394 g/mol. The third kappa shape index (κ3) is 5.96.